The summed E-state index contributed by atoms with van der Waals surface area (Å²) in [4.78, 5) is 0. The van der Waals surface area contributed by atoms with Crippen molar-refractivity contribution in [3.63, 3.8) is 0 Å². The second kappa shape index (κ2) is 10.8. The van der Waals surface area contributed by atoms with Crippen molar-refractivity contribution in [2.24, 2.45) is 5.92 Å². The maximum Gasteiger partial charge on any atom is 0.119 e. The van der Waals surface area contributed by atoms with E-state index in [1.54, 1.807) is 0 Å². The van der Waals surface area contributed by atoms with E-state index in [4.69, 9.17) is 9.47 Å². The molecule has 2 aliphatic rings. The molecule has 0 amide bonds. The summed E-state index contributed by atoms with van der Waals surface area (Å²) < 4.78 is 11.5. The predicted octanol–water partition coefficient (Wildman–Crippen LogP) is 3.93. The smallest absolute Gasteiger partial charge is 0.119 e. The molecule has 2 aromatic rings. The van der Waals surface area contributed by atoms with Crippen molar-refractivity contribution < 1.29 is 9.47 Å². The van der Waals surface area contributed by atoms with Crippen LogP contribution in [0.5, 0.6) is 5.75 Å². The van der Waals surface area contributed by atoms with Gasteiger partial charge in [0.15, 0.2) is 0 Å². The summed E-state index contributed by atoms with van der Waals surface area (Å²) in [7, 11) is 0. The largest absolute Gasteiger partial charge is 0.489 e. The minimum Gasteiger partial charge on any atom is -0.489 e. The third kappa shape index (κ3) is 5.71. The number of halogens is 1. The lowest BCUT2D eigenvalue weighted by Crippen LogP contribution is -2.50. The Bertz CT molecular complexity index is 690. The normalized spacial score (nSPS) is 24.5. The van der Waals surface area contributed by atoms with Crippen molar-refractivity contribution in [1.29, 1.82) is 0 Å². The van der Waals surface area contributed by atoms with Crippen LogP contribution >= 0.6 is 12.4 Å². The van der Waals surface area contributed by atoms with Crippen molar-refractivity contribution in [2.75, 3.05) is 19.8 Å². The molecule has 1 aliphatic carbocycles. The summed E-state index contributed by atoms with van der Waals surface area (Å²) in [5.41, 5.74) is 2.53. The number of ether oxygens (including phenoxy) is 2. The molecule has 0 spiro atoms. The molecule has 4 rings (SSSR count). The van der Waals surface area contributed by atoms with Crippen LogP contribution < -0.4 is 15.4 Å². The monoisotopic (exact) mass is 402 g/mol. The van der Waals surface area contributed by atoms with E-state index in [9.17, 15) is 0 Å². The Morgan fingerprint density at radius 2 is 1.79 bits per heavy atom. The van der Waals surface area contributed by atoms with E-state index < -0.39 is 0 Å². The average Bonchev–Trinajstić information content (AvgIpc) is 3.21. The zero-order valence-electron chi connectivity index (χ0n) is 16.3. The highest BCUT2D eigenvalue weighted by molar-refractivity contribution is 5.85. The molecule has 0 aromatic heterocycles. The van der Waals surface area contributed by atoms with Gasteiger partial charge in [-0.2, -0.15) is 0 Å². The van der Waals surface area contributed by atoms with Crippen molar-refractivity contribution in [3.05, 3.63) is 65.7 Å². The van der Waals surface area contributed by atoms with Gasteiger partial charge in [0.1, 0.15) is 12.4 Å². The molecule has 2 fully saturated rings. The maximum atomic E-state index is 5.82. The van der Waals surface area contributed by atoms with Gasteiger partial charge in [-0.15, -0.1) is 12.4 Å². The Morgan fingerprint density at radius 3 is 2.54 bits per heavy atom. The summed E-state index contributed by atoms with van der Waals surface area (Å²) >= 11 is 0. The van der Waals surface area contributed by atoms with Crippen LogP contribution in [-0.2, 0) is 17.9 Å². The standard InChI is InChI=1S/C23H30N2O2.ClH/c1-2-5-20(6-3-1)27-16-19-11-9-18(10-12-19)15-25-22-8-4-7-21(22)23-17-26-14-13-24-23;/h1-3,5-6,9-12,21-25H,4,7-8,13-17H2;1H. The van der Waals surface area contributed by atoms with Crippen LogP contribution in [0.4, 0.5) is 0 Å². The fourth-order valence-corrected chi connectivity index (χ4v) is 4.27. The average molecular weight is 403 g/mol. The highest BCUT2D eigenvalue weighted by Crippen LogP contribution is 2.29. The Balaban J connectivity index is 0.00000225. The molecule has 0 radical (unpaired) electrons. The molecule has 1 saturated carbocycles. The highest BCUT2D eigenvalue weighted by atomic mass is 35.5. The van der Waals surface area contributed by atoms with Gasteiger partial charge in [0.25, 0.3) is 0 Å². The van der Waals surface area contributed by atoms with E-state index >= 15 is 0 Å². The van der Waals surface area contributed by atoms with Gasteiger partial charge < -0.3 is 20.1 Å². The first-order chi connectivity index (χ1) is 13.4. The number of hydrogen-bond donors (Lipinski definition) is 2. The molecule has 3 unspecified atom stereocenters. The molecular formula is C23H31ClN2O2. The number of nitrogens with one attached hydrogen (secondary N) is 2. The summed E-state index contributed by atoms with van der Waals surface area (Å²) in [6, 6.07) is 19.8. The number of rotatable bonds is 7. The van der Waals surface area contributed by atoms with Gasteiger partial charge >= 0.3 is 0 Å². The van der Waals surface area contributed by atoms with Gasteiger partial charge in [-0.3, -0.25) is 0 Å². The van der Waals surface area contributed by atoms with Crippen LogP contribution in [0.15, 0.2) is 54.6 Å². The lowest BCUT2D eigenvalue weighted by molar-refractivity contribution is 0.0524. The second-order valence-electron chi connectivity index (χ2n) is 7.64. The Labute approximate surface area is 174 Å². The fourth-order valence-electron chi connectivity index (χ4n) is 4.27. The molecule has 2 aromatic carbocycles. The molecule has 3 atom stereocenters. The van der Waals surface area contributed by atoms with Gasteiger partial charge in [0.2, 0.25) is 0 Å². The molecular weight excluding hydrogens is 372 g/mol. The number of para-hydroxylation sites is 1. The maximum absolute atomic E-state index is 5.82. The van der Waals surface area contributed by atoms with E-state index in [1.165, 1.54) is 30.4 Å². The fraction of sp³-hybridized carbons (Fsp3) is 0.478. The van der Waals surface area contributed by atoms with Crippen molar-refractivity contribution >= 4 is 12.4 Å². The van der Waals surface area contributed by atoms with E-state index in [2.05, 4.69) is 34.9 Å². The first-order valence-electron chi connectivity index (χ1n) is 10.2. The van der Waals surface area contributed by atoms with Crippen LogP contribution in [0.25, 0.3) is 0 Å². The van der Waals surface area contributed by atoms with E-state index in [0.717, 1.165) is 32.1 Å². The van der Waals surface area contributed by atoms with Crippen molar-refractivity contribution in [2.45, 2.75) is 44.5 Å². The minimum absolute atomic E-state index is 0. The van der Waals surface area contributed by atoms with E-state index in [0.29, 0.717) is 24.6 Å². The third-order valence-electron chi connectivity index (χ3n) is 5.78. The lowest BCUT2D eigenvalue weighted by Gasteiger charge is -2.33. The number of morpholine rings is 1. The quantitative estimate of drug-likeness (QED) is 0.736. The third-order valence-corrected chi connectivity index (χ3v) is 5.78. The van der Waals surface area contributed by atoms with Gasteiger partial charge in [0, 0.05) is 25.2 Å². The summed E-state index contributed by atoms with van der Waals surface area (Å²) in [6.45, 7) is 4.23. The first-order valence-corrected chi connectivity index (χ1v) is 10.2. The van der Waals surface area contributed by atoms with Crippen LogP contribution in [0.2, 0.25) is 0 Å². The summed E-state index contributed by atoms with van der Waals surface area (Å²) in [5, 5.41) is 7.44. The van der Waals surface area contributed by atoms with Gasteiger partial charge in [0.05, 0.1) is 13.2 Å². The van der Waals surface area contributed by atoms with Gasteiger partial charge in [-0.05, 0) is 42.0 Å². The Morgan fingerprint density at radius 1 is 1.00 bits per heavy atom. The first kappa shape index (κ1) is 21.1. The SMILES string of the molecule is Cl.c1ccc(OCc2ccc(CNC3CCCC3C3COCCN3)cc2)cc1. The molecule has 5 heteroatoms. The highest BCUT2D eigenvalue weighted by Gasteiger charge is 2.34. The van der Waals surface area contributed by atoms with Gasteiger partial charge in [-0.1, -0.05) is 48.9 Å². The topological polar surface area (TPSA) is 42.5 Å². The van der Waals surface area contributed by atoms with Crippen molar-refractivity contribution in [1.82, 2.24) is 10.6 Å². The molecule has 2 N–H and O–H groups in total. The molecule has 1 heterocycles. The van der Waals surface area contributed by atoms with E-state index in [1.807, 2.05) is 30.3 Å². The number of hydrogen-bond acceptors (Lipinski definition) is 4. The Kier molecular flexibility index (Phi) is 8.16. The minimum atomic E-state index is 0. The van der Waals surface area contributed by atoms with Crippen LogP contribution in [0, 0.1) is 5.92 Å². The zero-order chi connectivity index (χ0) is 18.3. The summed E-state index contributed by atoms with van der Waals surface area (Å²) in [5.74, 6) is 1.60. The zero-order valence-corrected chi connectivity index (χ0v) is 17.1. The van der Waals surface area contributed by atoms with Crippen molar-refractivity contribution in [3.8, 4) is 5.75 Å². The molecule has 152 valence electrons. The molecule has 1 aliphatic heterocycles. The molecule has 0 bridgehead atoms. The molecule has 1 saturated heterocycles. The predicted molar refractivity (Wildman–Crippen MR) is 115 cm³/mol. The van der Waals surface area contributed by atoms with Gasteiger partial charge in [-0.25, -0.2) is 0 Å². The molecule has 4 nitrogen and oxygen atoms in total. The Hall–Kier alpha value is -1.59. The lowest BCUT2D eigenvalue weighted by atomic mass is 9.94. The molecule has 28 heavy (non-hydrogen) atoms. The van der Waals surface area contributed by atoms with Crippen LogP contribution in [0.3, 0.4) is 0 Å². The number of benzene rings is 2. The van der Waals surface area contributed by atoms with E-state index in [-0.39, 0.29) is 12.4 Å². The second-order valence-corrected chi connectivity index (χ2v) is 7.64. The van der Waals surface area contributed by atoms with Crippen LogP contribution in [-0.4, -0.2) is 31.8 Å². The summed E-state index contributed by atoms with van der Waals surface area (Å²) in [6.07, 6.45) is 3.89. The van der Waals surface area contributed by atoms with Crippen LogP contribution in [0.1, 0.15) is 30.4 Å².